The summed E-state index contributed by atoms with van der Waals surface area (Å²) in [5, 5.41) is 3.62. The number of allylic oxidation sites excluding steroid dienone is 2. The van der Waals surface area contributed by atoms with Crippen LogP contribution in [0.1, 0.15) is 23.6 Å². The van der Waals surface area contributed by atoms with Crippen LogP contribution in [0, 0.1) is 12.5 Å². The van der Waals surface area contributed by atoms with Gasteiger partial charge in [0, 0.05) is 37.9 Å². The lowest BCUT2D eigenvalue weighted by Gasteiger charge is -2.32. The Morgan fingerprint density at radius 1 is 1.48 bits per heavy atom. The molecule has 0 bridgehead atoms. The molecule has 1 saturated heterocycles. The largest absolute Gasteiger partial charge is 0.308 e. The molecule has 3 heteroatoms. The highest BCUT2D eigenvalue weighted by Gasteiger charge is 2.19. The normalized spacial score (nSPS) is 20.1. The molecule has 0 saturated carbocycles. The van der Waals surface area contributed by atoms with Crippen molar-refractivity contribution < 1.29 is 0 Å². The second-order valence-corrected chi connectivity index (χ2v) is 5.34. The average Bonchev–Trinajstić information content (AvgIpc) is 2.51. The van der Waals surface area contributed by atoms with Gasteiger partial charge in [0.2, 0.25) is 0 Å². The summed E-state index contributed by atoms with van der Waals surface area (Å²) in [6.07, 6.45) is 12.8. The minimum Gasteiger partial charge on any atom is -0.308 e. The number of hydrogen-bond acceptors (Lipinski definition) is 3. The van der Waals surface area contributed by atoms with Gasteiger partial charge in [-0.2, -0.15) is 0 Å². The van der Waals surface area contributed by atoms with Crippen LogP contribution in [0.2, 0.25) is 0 Å². The number of likely N-dealkylation sites (N-methyl/N-ethyl adjacent to an activating group) is 1. The summed E-state index contributed by atoms with van der Waals surface area (Å²) in [5.41, 5.74) is 2.85. The number of aryl methyl sites for hydroxylation is 1. The topological polar surface area (TPSA) is 27.6 Å². The zero-order chi connectivity index (χ0) is 14.9. The highest BCUT2D eigenvalue weighted by molar-refractivity contribution is 5.71. The molecule has 2 rings (SSSR count). The number of piperazine rings is 1. The maximum Gasteiger partial charge on any atom is 0.0452 e. The first-order valence-corrected chi connectivity index (χ1v) is 7.45. The zero-order valence-electron chi connectivity index (χ0n) is 12.6. The Kier molecular flexibility index (Phi) is 6.21. The monoisotopic (exact) mass is 281 g/mol. The van der Waals surface area contributed by atoms with Crippen molar-refractivity contribution in [2.45, 2.75) is 18.9 Å². The van der Waals surface area contributed by atoms with Gasteiger partial charge in [-0.15, -0.1) is 0 Å². The number of nitrogens with one attached hydrogen (secondary N) is 1. The van der Waals surface area contributed by atoms with Gasteiger partial charge in [0.25, 0.3) is 0 Å². The number of rotatable bonds is 5. The van der Waals surface area contributed by atoms with Crippen molar-refractivity contribution in [3.63, 3.8) is 0 Å². The van der Waals surface area contributed by atoms with E-state index < -0.39 is 0 Å². The summed E-state index contributed by atoms with van der Waals surface area (Å²) >= 11 is 0. The van der Waals surface area contributed by atoms with E-state index in [0.29, 0.717) is 6.04 Å². The lowest BCUT2D eigenvalue weighted by molar-refractivity contribution is 0.240. The molecule has 0 radical (unpaired) electrons. The molecule has 1 N–H and O–H groups in total. The maximum absolute atomic E-state index is 5.06. The Morgan fingerprint density at radius 2 is 2.33 bits per heavy atom. The lowest BCUT2D eigenvalue weighted by atomic mass is 9.95. The summed E-state index contributed by atoms with van der Waals surface area (Å²) in [5.74, 6) is 0. The summed E-state index contributed by atoms with van der Waals surface area (Å²) in [6.45, 7) is 3.25. The van der Waals surface area contributed by atoms with Gasteiger partial charge in [0.1, 0.15) is 0 Å². The van der Waals surface area contributed by atoms with Crippen molar-refractivity contribution in [3.05, 3.63) is 47.5 Å². The number of nitrogens with zero attached hydrogens (tertiary/aromatic N) is 2. The van der Waals surface area contributed by atoms with Crippen molar-refractivity contribution in [2.75, 3.05) is 26.7 Å². The molecule has 0 aliphatic carbocycles. The highest BCUT2D eigenvalue weighted by atomic mass is 15.2. The van der Waals surface area contributed by atoms with Gasteiger partial charge in [-0.25, -0.2) is 4.99 Å². The van der Waals surface area contributed by atoms with Gasteiger partial charge in [0.05, 0.1) is 0 Å². The van der Waals surface area contributed by atoms with Crippen molar-refractivity contribution in [3.8, 4) is 12.5 Å². The smallest absolute Gasteiger partial charge is 0.0452 e. The van der Waals surface area contributed by atoms with Crippen LogP contribution in [-0.2, 0) is 6.42 Å². The van der Waals surface area contributed by atoms with Crippen LogP contribution in [0.25, 0.3) is 0 Å². The molecule has 1 fully saturated rings. The molecule has 3 nitrogen and oxygen atoms in total. The van der Waals surface area contributed by atoms with E-state index in [0.717, 1.165) is 32.5 Å². The molecule has 0 spiro atoms. The van der Waals surface area contributed by atoms with Crippen LogP contribution in [0.15, 0.2) is 41.4 Å². The van der Waals surface area contributed by atoms with Gasteiger partial charge in [-0.1, -0.05) is 36.8 Å². The fourth-order valence-electron chi connectivity index (χ4n) is 2.69. The third kappa shape index (κ3) is 4.86. The average molecular weight is 281 g/mol. The van der Waals surface area contributed by atoms with Crippen LogP contribution in [0.5, 0.6) is 0 Å². The van der Waals surface area contributed by atoms with E-state index in [9.17, 15) is 0 Å². The lowest BCUT2D eigenvalue weighted by Crippen LogP contribution is -2.44. The van der Waals surface area contributed by atoms with Crippen LogP contribution < -0.4 is 5.32 Å². The molecule has 0 amide bonds. The predicted molar refractivity (Wildman–Crippen MR) is 89.5 cm³/mol. The summed E-state index contributed by atoms with van der Waals surface area (Å²) in [6, 6.07) is 11.4. The van der Waals surface area contributed by atoms with Crippen molar-refractivity contribution in [2.24, 2.45) is 4.99 Å². The third-order valence-corrected chi connectivity index (χ3v) is 3.76. The molecule has 110 valence electrons. The molecule has 1 heterocycles. The molecule has 1 atom stereocenters. The molecule has 1 aromatic rings. The number of benzene rings is 1. The van der Waals surface area contributed by atoms with Crippen LogP contribution >= 0.6 is 0 Å². The van der Waals surface area contributed by atoms with E-state index in [2.05, 4.69) is 58.6 Å². The van der Waals surface area contributed by atoms with Gasteiger partial charge >= 0.3 is 0 Å². The molecule has 1 aliphatic rings. The van der Waals surface area contributed by atoms with Crippen molar-refractivity contribution in [1.29, 1.82) is 0 Å². The standard InChI is InChI=1S/C18H23N3/c1-3-19-12-8-4-5-9-16-10-6-7-11-17(16)18-15-21(2)14-13-20-18/h1,4,6-8,10-12,18,20H,5,9,13-15H2,2H3/b8-4-,19-12-. The van der Waals surface area contributed by atoms with E-state index in [-0.39, 0.29) is 0 Å². The molecule has 1 unspecified atom stereocenters. The first kappa shape index (κ1) is 15.5. The molecular formula is C18H23N3. The minimum absolute atomic E-state index is 0.437. The fourth-order valence-corrected chi connectivity index (χ4v) is 2.69. The van der Waals surface area contributed by atoms with Gasteiger partial charge in [-0.05, 0) is 37.1 Å². The van der Waals surface area contributed by atoms with Gasteiger partial charge in [-0.3, -0.25) is 0 Å². The Hall–Kier alpha value is -1.89. The SMILES string of the molecule is C#C/N=C\C=C/CCc1ccccc1C1CN(C)CCN1. The van der Waals surface area contributed by atoms with Gasteiger partial charge < -0.3 is 10.2 Å². The first-order chi connectivity index (χ1) is 10.3. The Balaban J connectivity index is 1.98. The van der Waals surface area contributed by atoms with Gasteiger partial charge in [0.15, 0.2) is 0 Å². The minimum atomic E-state index is 0.437. The van der Waals surface area contributed by atoms with Crippen LogP contribution in [-0.4, -0.2) is 37.8 Å². The molecule has 1 aliphatic heterocycles. The van der Waals surface area contributed by atoms with E-state index in [4.69, 9.17) is 6.42 Å². The fraction of sp³-hybridized carbons (Fsp3) is 0.389. The van der Waals surface area contributed by atoms with E-state index in [1.807, 2.05) is 6.08 Å². The third-order valence-electron chi connectivity index (χ3n) is 3.76. The van der Waals surface area contributed by atoms with E-state index >= 15 is 0 Å². The Bertz CT molecular complexity index is 540. The Morgan fingerprint density at radius 3 is 3.14 bits per heavy atom. The highest BCUT2D eigenvalue weighted by Crippen LogP contribution is 2.22. The van der Waals surface area contributed by atoms with Crippen molar-refractivity contribution >= 4 is 6.21 Å². The molecule has 0 aromatic heterocycles. The number of terminal acetylenes is 1. The maximum atomic E-state index is 5.06. The molecule has 1 aromatic carbocycles. The van der Waals surface area contributed by atoms with E-state index in [1.54, 1.807) is 6.21 Å². The summed E-state index contributed by atoms with van der Waals surface area (Å²) in [7, 11) is 2.18. The quantitative estimate of drug-likeness (QED) is 0.663. The summed E-state index contributed by atoms with van der Waals surface area (Å²) < 4.78 is 0. The number of aliphatic imine (C=N–C) groups is 1. The Labute approximate surface area is 127 Å². The van der Waals surface area contributed by atoms with Crippen LogP contribution in [0.4, 0.5) is 0 Å². The zero-order valence-corrected chi connectivity index (χ0v) is 12.6. The van der Waals surface area contributed by atoms with Crippen molar-refractivity contribution in [1.82, 2.24) is 10.2 Å². The second kappa shape index (κ2) is 8.41. The molecule has 21 heavy (non-hydrogen) atoms. The van der Waals surface area contributed by atoms with Crippen LogP contribution in [0.3, 0.4) is 0 Å². The first-order valence-electron chi connectivity index (χ1n) is 7.45. The number of hydrogen-bond donors (Lipinski definition) is 1. The summed E-state index contributed by atoms with van der Waals surface area (Å²) in [4.78, 5) is 6.10. The predicted octanol–water partition coefficient (Wildman–Crippen LogP) is 2.41. The molecular weight excluding hydrogens is 258 g/mol. The second-order valence-electron chi connectivity index (χ2n) is 5.34. The van der Waals surface area contributed by atoms with E-state index in [1.165, 1.54) is 11.1 Å².